The summed E-state index contributed by atoms with van der Waals surface area (Å²) in [6, 6.07) is 8.22. The van der Waals surface area contributed by atoms with Gasteiger partial charge in [-0.3, -0.25) is 0 Å². The summed E-state index contributed by atoms with van der Waals surface area (Å²) in [5, 5.41) is 3.31. The van der Waals surface area contributed by atoms with Crippen molar-refractivity contribution >= 4 is 11.0 Å². The van der Waals surface area contributed by atoms with E-state index < -0.39 is 0 Å². The number of hydrogen-bond acceptors (Lipinski definition) is 3. The fourth-order valence-corrected chi connectivity index (χ4v) is 2.07. The van der Waals surface area contributed by atoms with Crippen LogP contribution in [0.25, 0.3) is 11.0 Å². The van der Waals surface area contributed by atoms with Gasteiger partial charge in [0.15, 0.2) is 0 Å². The number of aromatic nitrogens is 2. The van der Waals surface area contributed by atoms with E-state index in [0.29, 0.717) is 6.61 Å². The summed E-state index contributed by atoms with van der Waals surface area (Å²) >= 11 is 0. The molecule has 0 saturated heterocycles. The molecule has 0 aliphatic heterocycles. The number of methoxy groups -OCH3 is 1. The maximum atomic E-state index is 5.20. The zero-order valence-electron chi connectivity index (χ0n) is 11.5. The minimum absolute atomic E-state index is 0.160. The summed E-state index contributed by atoms with van der Waals surface area (Å²) in [6.45, 7) is 5.78. The minimum Gasteiger partial charge on any atom is -0.383 e. The molecule has 0 radical (unpaired) electrons. The number of ether oxygens (including phenoxy) is 1. The largest absolute Gasteiger partial charge is 0.383 e. The van der Waals surface area contributed by atoms with Gasteiger partial charge >= 0.3 is 0 Å². The number of nitrogens with one attached hydrogen (secondary N) is 1. The zero-order valence-corrected chi connectivity index (χ0v) is 11.5. The van der Waals surface area contributed by atoms with Crippen LogP contribution in [0.2, 0.25) is 0 Å². The number of hydrogen-bond donors (Lipinski definition) is 1. The smallest absolute Gasteiger partial charge is 0.129 e. The van der Waals surface area contributed by atoms with E-state index in [1.54, 1.807) is 7.11 Å². The fourth-order valence-electron chi connectivity index (χ4n) is 2.07. The van der Waals surface area contributed by atoms with Crippen LogP contribution in [-0.4, -0.2) is 30.3 Å². The van der Waals surface area contributed by atoms with E-state index in [1.807, 2.05) is 25.2 Å². The highest BCUT2D eigenvalue weighted by Crippen LogP contribution is 2.24. The lowest BCUT2D eigenvalue weighted by molar-refractivity contribution is 0.185. The topological polar surface area (TPSA) is 39.1 Å². The first kappa shape index (κ1) is 13.1. The zero-order chi connectivity index (χ0) is 13.2. The fraction of sp³-hybridized carbons (Fsp3) is 0.500. The second kappa shape index (κ2) is 5.08. The Morgan fingerprint density at radius 2 is 2.06 bits per heavy atom. The molecule has 4 nitrogen and oxygen atoms in total. The van der Waals surface area contributed by atoms with Crippen LogP contribution in [0.3, 0.4) is 0 Å². The second-order valence-electron chi connectivity index (χ2n) is 4.94. The molecule has 98 valence electrons. The van der Waals surface area contributed by atoms with Gasteiger partial charge in [0.25, 0.3) is 0 Å². The summed E-state index contributed by atoms with van der Waals surface area (Å²) < 4.78 is 7.43. The first-order valence-electron chi connectivity index (χ1n) is 6.23. The molecular formula is C14H21N3O. The van der Waals surface area contributed by atoms with Gasteiger partial charge in [-0.2, -0.15) is 0 Å². The van der Waals surface area contributed by atoms with E-state index in [4.69, 9.17) is 9.72 Å². The Morgan fingerprint density at radius 1 is 1.33 bits per heavy atom. The van der Waals surface area contributed by atoms with E-state index in [9.17, 15) is 0 Å². The highest BCUT2D eigenvalue weighted by Gasteiger charge is 2.25. The first-order chi connectivity index (χ1) is 8.60. The van der Waals surface area contributed by atoms with Gasteiger partial charge in [0.05, 0.1) is 23.2 Å². The third-order valence-electron chi connectivity index (χ3n) is 3.36. The Hall–Kier alpha value is -1.39. The van der Waals surface area contributed by atoms with E-state index in [-0.39, 0.29) is 5.54 Å². The molecule has 0 atom stereocenters. The van der Waals surface area contributed by atoms with E-state index in [0.717, 1.165) is 23.4 Å². The monoisotopic (exact) mass is 247 g/mol. The van der Waals surface area contributed by atoms with Crippen LogP contribution < -0.4 is 5.32 Å². The normalized spacial score (nSPS) is 12.2. The Morgan fingerprint density at radius 3 is 2.72 bits per heavy atom. The molecule has 0 bridgehead atoms. The molecule has 0 spiro atoms. The minimum atomic E-state index is -0.160. The Kier molecular flexibility index (Phi) is 3.68. The summed E-state index contributed by atoms with van der Waals surface area (Å²) in [6.07, 6.45) is 0. The third-order valence-corrected chi connectivity index (χ3v) is 3.36. The lowest BCUT2D eigenvalue weighted by atomic mass is 10.1. The van der Waals surface area contributed by atoms with Gasteiger partial charge in [-0.05, 0) is 33.0 Å². The lowest BCUT2D eigenvalue weighted by Crippen LogP contribution is -2.36. The van der Waals surface area contributed by atoms with Crippen molar-refractivity contribution in [2.24, 2.45) is 0 Å². The van der Waals surface area contributed by atoms with Gasteiger partial charge in [-0.15, -0.1) is 0 Å². The van der Waals surface area contributed by atoms with Gasteiger partial charge in [-0.25, -0.2) is 4.98 Å². The van der Waals surface area contributed by atoms with Crippen molar-refractivity contribution in [1.29, 1.82) is 0 Å². The summed E-state index contributed by atoms with van der Waals surface area (Å²) in [7, 11) is 3.68. The van der Waals surface area contributed by atoms with Crippen molar-refractivity contribution in [3.8, 4) is 0 Å². The van der Waals surface area contributed by atoms with Crippen molar-refractivity contribution in [1.82, 2.24) is 14.9 Å². The molecule has 1 heterocycles. The number of para-hydroxylation sites is 2. The van der Waals surface area contributed by atoms with Crippen molar-refractivity contribution < 1.29 is 4.74 Å². The summed E-state index contributed by atoms with van der Waals surface area (Å²) in [5.41, 5.74) is 2.03. The van der Waals surface area contributed by atoms with Crippen LogP contribution in [0.5, 0.6) is 0 Å². The van der Waals surface area contributed by atoms with E-state index in [2.05, 4.69) is 29.8 Å². The van der Waals surface area contributed by atoms with Gasteiger partial charge < -0.3 is 14.6 Å². The number of fused-ring (bicyclic) bond motifs is 1. The average Bonchev–Trinajstić information content (AvgIpc) is 2.76. The molecule has 0 saturated carbocycles. The average molecular weight is 247 g/mol. The predicted octanol–water partition coefficient (Wildman–Crippen LogP) is 2.14. The van der Waals surface area contributed by atoms with Crippen LogP contribution in [0.15, 0.2) is 24.3 Å². The van der Waals surface area contributed by atoms with Crippen molar-refractivity contribution in [3.63, 3.8) is 0 Å². The molecule has 4 heteroatoms. The number of rotatable bonds is 5. The van der Waals surface area contributed by atoms with E-state index >= 15 is 0 Å². The van der Waals surface area contributed by atoms with Crippen LogP contribution in [0.4, 0.5) is 0 Å². The van der Waals surface area contributed by atoms with Gasteiger partial charge in [0.1, 0.15) is 5.82 Å². The standard InChI is InChI=1S/C14H21N3O/c1-14(2,15-3)13-16-11-7-5-6-8-12(11)17(13)9-10-18-4/h5-8,15H,9-10H2,1-4H3. The Bertz CT molecular complexity index is 531. The molecule has 2 aromatic rings. The van der Waals surface area contributed by atoms with Crippen LogP contribution in [-0.2, 0) is 16.8 Å². The molecule has 2 rings (SSSR count). The highest BCUT2D eigenvalue weighted by atomic mass is 16.5. The second-order valence-corrected chi connectivity index (χ2v) is 4.94. The molecule has 0 unspecified atom stereocenters. The number of imidazole rings is 1. The molecule has 1 aromatic heterocycles. The van der Waals surface area contributed by atoms with Crippen LogP contribution in [0, 0.1) is 0 Å². The number of benzene rings is 1. The maximum absolute atomic E-state index is 5.20. The molecule has 1 N–H and O–H groups in total. The summed E-state index contributed by atoms with van der Waals surface area (Å²) in [4.78, 5) is 4.75. The molecular weight excluding hydrogens is 226 g/mol. The van der Waals surface area contributed by atoms with Crippen molar-refractivity contribution in [3.05, 3.63) is 30.1 Å². The molecule has 1 aromatic carbocycles. The van der Waals surface area contributed by atoms with E-state index in [1.165, 1.54) is 0 Å². The third kappa shape index (κ3) is 2.26. The molecule has 0 aliphatic rings. The quantitative estimate of drug-likeness (QED) is 0.880. The number of nitrogens with zero attached hydrogens (tertiary/aromatic N) is 2. The molecule has 18 heavy (non-hydrogen) atoms. The van der Waals surface area contributed by atoms with Crippen molar-refractivity contribution in [2.45, 2.75) is 25.9 Å². The van der Waals surface area contributed by atoms with Gasteiger partial charge in [-0.1, -0.05) is 12.1 Å². The highest BCUT2D eigenvalue weighted by molar-refractivity contribution is 5.76. The Balaban J connectivity index is 2.56. The maximum Gasteiger partial charge on any atom is 0.129 e. The van der Waals surface area contributed by atoms with Crippen molar-refractivity contribution in [2.75, 3.05) is 20.8 Å². The van der Waals surface area contributed by atoms with Gasteiger partial charge in [0, 0.05) is 13.7 Å². The Labute approximate surface area is 108 Å². The first-order valence-corrected chi connectivity index (χ1v) is 6.23. The molecule has 0 fully saturated rings. The molecule has 0 aliphatic carbocycles. The van der Waals surface area contributed by atoms with Gasteiger partial charge in [0.2, 0.25) is 0 Å². The SMILES string of the molecule is CNC(C)(C)c1nc2ccccc2n1CCOC. The van der Waals surface area contributed by atoms with Crippen LogP contribution >= 0.6 is 0 Å². The lowest BCUT2D eigenvalue weighted by Gasteiger charge is -2.24. The molecule has 0 amide bonds. The summed E-state index contributed by atoms with van der Waals surface area (Å²) in [5.74, 6) is 1.04. The predicted molar refractivity (Wildman–Crippen MR) is 73.7 cm³/mol. The van der Waals surface area contributed by atoms with Crippen LogP contribution in [0.1, 0.15) is 19.7 Å².